The van der Waals surface area contributed by atoms with E-state index in [4.69, 9.17) is 0 Å². The van der Waals surface area contributed by atoms with Crippen molar-refractivity contribution >= 4 is 17.9 Å². The van der Waals surface area contributed by atoms with Gasteiger partial charge in [-0.2, -0.15) is 0 Å². The Bertz CT molecular complexity index is 495. The Morgan fingerprint density at radius 3 is 1.59 bits per heavy atom. The van der Waals surface area contributed by atoms with Crippen LogP contribution in [0.3, 0.4) is 0 Å². The van der Waals surface area contributed by atoms with Crippen molar-refractivity contribution in [3.05, 3.63) is 12.3 Å². The first-order valence-corrected chi connectivity index (χ1v) is 10.8. The smallest absolute Gasteiger partial charge is 0.362 e. The summed E-state index contributed by atoms with van der Waals surface area (Å²) < 4.78 is -0.718. The Kier molecular flexibility index (Phi) is 13.2. The number of allylic oxidation sites excluding steroid dienone is 1. The number of quaternary nitrogens is 1. The molecule has 0 aliphatic rings. The number of rotatable bonds is 17. The molecule has 0 saturated carbocycles. The van der Waals surface area contributed by atoms with Crippen LogP contribution in [-0.2, 0) is 14.4 Å². The molecule has 0 aliphatic carbocycles. The number of carboxylic acid groups (broad SMARTS) is 3. The summed E-state index contributed by atoms with van der Waals surface area (Å²) >= 11 is 0. The number of hydrogen-bond acceptors (Lipinski definition) is 4. The molecular weight excluding hydrogens is 374 g/mol. The van der Waals surface area contributed by atoms with E-state index in [1.165, 1.54) is 65.5 Å². The van der Waals surface area contributed by atoms with Crippen LogP contribution in [-0.4, -0.2) is 50.7 Å². The maximum atomic E-state index is 11.6. The minimum atomic E-state index is -1.47. The van der Waals surface area contributed by atoms with Crippen molar-refractivity contribution in [2.75, 3.05) is 0 Å². The summed E-state index contributed by atoms with van der Waals surface area (Å²) in [5.41, 5.74) is 0. The number of aliphatic carboxylic acids is 3. The fraction of sp³-hybridized carbons (Fsp3) is 0.773. The first-order chi connectivity index (χ1) is 13.6. The summed E-state index contributed by atoms with van der Waals surface area (Å²) in [7, 11) is 0. The minimum Gasteiger partial charge on any atom is -0.544 e. The molecule has 0 spiro atoms. The number of carbonyl (C=O) groups excluding carboxylic acids is 1. The maximum absolute atomic E-state index is 11.6. The maximum Gasteiger partial charge on any atom is 0.362 e. The topological polar surface area (TPSA) is 115 Å². The quantitative estimate of drug-likeness (QED) is 0.279. The average Bonchev–Trinajstić information content (AvgIpc) is 2.67. The molecule has 0 aromatic rings. The molecule has 3 unspecified atom stereocenters. The van der Waals surface area contributed by atoms with Gasteiger partial charge in [-0.1, -0.05) is 58.3 Å². The molecule has 0 bridgehead atoms. The molecule has 2 N–H and O–H groups in total. The van der Waals surface area contributed by atoms with Gasteiger partial charge < -0.3 is 20.1 Å². The van der Waals surface area contributed by atoms with Crippen LogP contribution in [0.5, 0.6) is 0 Å². The molecule has 0 aromatic carbocycles. The minimum absolute atomic E-state index is 0.647. The van der Waals surface area contributed by atoms with Gasteiger partial charge in [0.1, 0.15) is 6.04 Å². The van der Waals surface area contributed by atoms with E-state index in [9.17, 15) is 29.7 Å². The third-order valence-electron chi connectivity index (χ3n) is 5.91. The van der Waals surface area contributed by atoms with E-state index < -0.39 is 40.5 Å². The van der Waals surface area contributed by atoms with Gasteiger partial charge in [0.05, 0.1) is 12.2 Å². The van der Waals surface area contributed by atoms with Gasteiger partial charge in [0.25, 0.3) is 0 Å². The van der Waals surface area contributed by atoms with Gasteiger partial charge >= 0.3 is 11.9 Å². The summed E-state index contributed by atoms with van der Waals surface area (Å²) in [6.07, 6.45) is 14.4. The molecule has 3 atom stereocenters. The predicted molar refractivity (Wildman–Crippen MR) is 110 cm³/mol. The number of unbranched alkanes of at least 4 members (excludes halogenated alkanes) is 9. The monoisotopic (exact) mass is 413 g/mol. The SMILES string of the molecule is CCCCCCCCCCC/C=C/[N+](C(C)C(=O)[O-])(C(C)C(=O)O)C(C)C(=O)O. The van der Waals surface area contributed by atoms with Crippen LogP contribution < -0.4 is 5.11 Å². The van der Waals surface area contributed by atoms with Crippen molar-refractivity contribution in [1.82, 2.24) is 0 Å². The highest BCUT2D eigenvalue weighted by molar-refractivity contribution is 5.77. The lowest BCUT2D eigenvalue weighted by molar-refractivity contribution is -0.923. The van der Waals surface area contributed by atoms with Gasteiger partial charge in [-0.25, -0.2) is 9.59 Å². The van der Waals surface area contributed by atoms with Crippen molar-refractivity contribution in [3.63, 3.8) is 0 Å². The summed E-state index contributed by atoms with van der Waals surface area (Å²) in [6, 6.07) is -3.80. The molecule has 0 fully saturated rings. The fourth-order valence-corrected chi connectivity index (χ4v) is 3.79. The van der Waals surface area contributed by atoms with E-state index in [-0.39, 0.29) is 0 Å². The Morgan fingerprint density at radius 2 is 1.21 bits per heavy atom. The van der Waals surface area contributed by atoms with Gasteiger partial charge in [0.2, 0.25) is 0 Å². The second-order valence-corrected chi connectivity index (χ2v) is 7.92. The molecule has 0 aliphatic heterocycles. The Labute approximate surface area is 175 Å². The molecule has 0 saturated heterocycles. The first-order valence-electron chi connectivity index (χ1n) is 10.8. The zero-order valence-corrected chi connectivity index (χ0v) is 18.4. The van der Waals surface area contributed by atoms with E-state index in [0.29, 0.717) is 6.42 Å². The first kappa shape index (κ1) is 27.1. The van der Waals surface area contributed by atoms with Crippen LogP contribution in [0.2, 0.25) is 0 Å². The molecular formula is C22H39NO6. The molecule has 0 rings (SSSR count). The highest BCUT2D eigenvalue weighted by Gasteiger charge is 2.49. The Balaban J connectivity index is 4.98. The van der Waals surface area contributed by atoms with E-state index in [2.05, 4.69) is 6.92 Å². The highest BCUT2D eigenvalue weighted by Crippen LogP contribution is 2.27. The predicted octanol–water partition coefficient (Wildman–Crippen LogP) is 3.32. The van der Waals surface area contributed by atoms with E-state index in [1.807, 2.05) is 0 Å². The third kappa shape index (κ3) is 8.56. The molecule has 29 heavy (non-hydrogen) atoms. The molecule has 0 radical (unpaired) electrons. The summed E-state index contributed by atoms with van der Waals surface area (Å²) in [5, 5.41) is 30.6. The Hall–Kier alpha value is -1.89. The fourth-order valence-electron chi connectivity index (χ4n) is 3.79. The molecule has 0 amide bonds. The van der Waals surface area contributed by atoms with Crippen LogP contribution in [0.15, 0.2) is 12.3 Å². The molecule has 168 valence electrons. The highest BCUT2D eigenvalue weighted by atomic mass is 16.4. The third-order valence-corrected chi connectivity index (χ3v) is 5.91. The Morgan fingerprint density at radius 1 is 0.793 bits per heavy atom. The summed E-state index contributed by atoms with van der Waals surface area (Å²) in [4.78, 5) is 34.8. The van der Waals surface area contributed by atoms with E-state index >= 15 is 0 Å². The lowest BCUT2D eigenvalue weighted by atomic mass is 10.0. The summed E-state index contributed by atoms with van der Waals surface area (Å²) in [5.74, 6) is -3.98. The number of hydrogen-bond donors (Lipinski definition) is 2. The van der Waals surface area contributed by atoms with Crippen molar-refractivity contribution in [2.24, 2.45) is 0 Å². The van der Waals surface area contributed by atoms with Gasteiger partial charge in [-0.3, -0.25) is 4.48 Å². The van der Waals surface area contributed by atoms with Crippen molar-refractivity contribution in [1.29, 1.82) is 0 Å². The molecule has 0 aromatic heterocycles. The standard InChI is InChI=1S/C22H39NO6/c1-5-6-7-8-9-10-11-12-13-14-15-16-23(17(2)20(24)25,18(3)21(26)27)19(4)22(28)29/h15-19H,5-14H2,1-4H3,(H2-,24,25,26,27,28,29)/b16-15+. The van der Waals surface area contributed by atoms with Crippen molar-refractivity contribution in [3.8, 4) is 0 Å². The normalized spacial score (nSPS) is 16.8. The number of carboxylic acids is 3. The number of nitrogens with zero attached hydrogens (tertiary/aromatic N) is 1. The molecule has 7 nitrogen and oxygen atoms in total. The van der Waals surface area contributed by atoms with Gasteiger partial charge in [0, 0.05) is 0 Å². The average molecular weight is 414 g/mol. The zero-order chi connectivity index (χ0) is 22.4. The lowest BCUT2D eigenvalue weighted by Gasteiger charge is -2.46. The van der Waals surface area contributed by atoms with Crippen molar-refractivity contribution in [2.45, 2.75) is 110 Å². The second-order valence-electron chi connectivity index (χ2n) is 7.92. The lowest BCUT2D eigenvalue weighted by Crippen LogP contribution is -2.68. The van der Waals surface area contributed by atoms with Crippen LogP contribution in [0.1, 0.15) is 91.9 Å². The van der Waals surface area contributed by atoms with Crippen LogP contribution in [0.25, 0.3) is 0 Å². The second kappa shape index (κ2) is 14.1. The molecule has 0 heterocycles. The van der Waals surface area contributed by atoms with Crippen LogP contribution in [0, 0.1) is 0 Å². The van der Waals surface area contributed by atoms with Gasteiger partial charge in [0.15, 0.2) is 12.1 Å². The van der Waals surface area contributed by atoms with Crippen LogP contribution >= 0.6 is 0 Å². The van der Waals surface area contributed by atoms with Gasteiger partial charge in [-0.15, -0.1) is 0 Å². The zero-order valence-electron chi connectivity index (χ0n) is 18.4. The van der Waals surface area contributed by atoms with Crippen molar-refractivity contribution < 1.29 is 34.2 Å². The van der Waals surface area contributed by atoms with Crippen LogP contribution in [0.4, 0.5) is 0 Å². The largest absolute Gasteiger partial charge is 0.544 e. The molecule has 7 heteroatoms. The van der Waals surface area contributed by atoms with E-state index in [1.54, 1.807) is 6.08 Å². The van der Waals surface area contributed by atoms with Gasteiger partial charge in [-0.05, 0) is 39.7 Å². The number of carbonyl (C=O) groups is 3. The van der Waals surface area contributed by atoms with E-state index in [0.717, 1.165) is 19.3 Å². The summed E-state index contributed by atoms with van der Waals surface area (Å²) in [6.45, 7) is 6.17.